The zero-order valence-corrected chi connectivity index (χ0v) is 20.2. The zero-order chi connectivity index (χ0) is 25.3. The largest absolute Gasteiger partial charge is 0.416 e. The second-order valence-corrected chi connectivity index (χ2v) is 10.4. The summed E-state index contributed by atoms with van der Waals surface area (Å²) in [4.78, 5) is 15.7. The third-order valence-corrected chi connectivity index (χ3v) is 8.10. The van der Waals surface area contributed by atoms with E-state index in [1.807, 2.05) is 12.1 Å². The molecule has 1 N–H and O–H groups in total. The highest BCUT2D eigenvalue weighted by Gasteiger charge is 2.54. The van der Waals surface area contributed by atoms with Gasteiger partial charge in [-0.1, -0.05) is 24.3 Å². The van der Waals surface area contributed by atoms with Crippen LogP contribution in [0.4, 0.5) is 17.6 Å². The molecule has 5 rings (SSSR count). The number of nitrogens with zero attached hydrogens (tertiary/aromatic N) is 1. The summed E-state index contributed by atoms with van der Waals surface area (Å²) >= 11 is 0. The number of ether oxygens (including phenoxy) is 1. The Balaban J connectivity index is 1.15. The van der Waals surface area contributed by atoms with Gasteiger partial charge in [-0.3, -0.25) is 9.69 Å². The van der Waals surface area contributed by atoms with Crippen LogP contribution >= 0.6 is 0 Å². The Labute approximate surface area is 209 Å². The van der Waals surface area contributed by atoms with Gasteiger partial charge in [-0.05, 0) is 98.8 Å². The van der Waals surface area contributed by atoms with Crippen molar-refractivity contribution in [3.05, 3.63) is 71.0 Å². The maximum Gasteiger partial charge on any atom is 0.416 e. The number of piperidine rings is 1. The summed E-state index contributed by atoms with van der Waals surface area (Å²) in [5.74, 6) is 0.173. The molecule has 0 radical (unpaired) electrons. The van der Waals surface area contributed by atoms with Gasteiger partial charge >= 0.3 is 6.18 Å². The average molecular weight is 505 g/mol. The molecule has 2 saturated heterocycles. The summed E-state index contributed by atoms with van der Waals surface area (Å²) in [7, 11) is 0. The normalized spacial score (nSPS) is 26.1. The number of alkyl halides is 3. The number of nitrogens with one attached hydrogen (secondary N) is 1. The number of amides is 1. The highest BCUT2D eigenvalue weighted by molar-refractivity contribution is 5.86. The highest BCUT2D eigenvalue weighted by atomic mass is 19.4. The molecule has 2 aromatic rings. The molecule has 2 aromatic carbocycles. The van der Waals surface area contributed by atoms with Crippen LogP contribution in [-0.2, 0) is 22.3 Å². The van der Waals surface area contributed by atoms with Crippen molar-refractivity contribution in [3.8, 4) is 0 Å². The molecule has 8 heteroatoms. The van der Waals surface area contributed by atoms with E-state index >= 15 is 0 Å². The van der Waals surface area contributed by atoms with Crippen LogP contribution in [-0.4, -0.2) is 42.1 Å². The summed E-state index contributed by atoms with van der Waals surface area (Å²) in [6, 6.07) is 12.1. The van der Waals surface area contributed by atoms with Gasteiger partial charge in [-0.2, -0.15) is 13.2 Å². The summed E-state index contributed by atoms with van der Waals surface area (Å²) in [5.41, 5.74) is -0.000945. The third kappa shape index (κ3) is 5.44. The van der Waals surface area contributed by atoms with Crippen LogP contribution in [0.15, 0.2) is 48.5 Å². The van der Waals surface area contributed by atoms with Gasteiger partial charge in [0, 0.05) is 12.6 Å². The van der Waals surface area contributed by atoms with Crippen molar-refractivity contribution in [2.45, 2.75) is 68.8 Å². The first kappa shape index (κ1) is 25.2. The summed E-state index contributed by atoms with van der Waals surface area (Å²) in [6.07, 6.45) is 0.948. The predicted molar refractivity (Wildman–Crippen MR) is 128 cm³/mol. The van der Waals surface area contributed by atoms with Crippen LogP contribution < -0.4 is 5.32 Å². The molecule has 4 nitrogen and oxygen atoms in total. The lowest BCUT2D eigenvalue weighted by Gasteiger charge is -2.45. The average Bonchev–Trinajstić information content (AvgIpc) is 3.74. The molecular formula is C28H32F4N2O2. The Morgan fingerprint density at radius 1 is 1.03 bits per heavy atom. The van der Waals surface area contributed by atoms with E-state index in [-0.39, 0.29) is 30.2 Å². The Kier molecular flexibility index (Phi) is 7.10. The molecule has 0 spiro atoms. The molecule has 0 bridgehead atoms. The fourth-order valence-corrected chi connectivity index (χ4v) is 5.83. The number of halogens is 4. The van der Waals surface area contributed by atoms with E-state index in [1.165, 1.54) is 23.8 Å². The van der Waals surface area contributed by atoms with Crippen molar-refractivity contribution < 1.29 is 27.1 Å². The minimum absolute atomic E-state index is 0.0426. The summed E-state index contributed by atoms with van der Waals surface area (Å²) < 4.78 is 58.6. The van der Waals surface area contributed by atoms with Gasteiger partial charge in [-0.25, -0.2) is 4.39 Å². The van der Waals surface area contributed by atoms with Gasteiger partial charge in [0.2, 0.25) is 0 Å². The van der Waals surface area contributed by atoms with Crippen LogP contribution in [0.25, 0.3) is 0 Å². The Hall–Kier alpha value is -2.45. The van der Waals surface area contributed by atoms with Gasteiger partial charge in [0.25, 0.3) is 5.91 Å². The van der Waals surface area contributed by atoms with Crippen molar-refractivity contribution in [2.75, 3.05) is 19.7 Å². The molecular weight excluding hydrogens is 472 g/mol. The number of rotatable bonds is 6. The number of carbonyl (C=O) groups is 1. The van der Waals surface area contributed by atoms with E-state index in [1.54, 1.807) is 6.07 Å². The monoisotopic (exact) mass is 504 g/mol. The van der Waals surface area contributed by atoms with Crippen LogP contribution in [0.5, 0.6) is 0 Å². The van der Waals surface area contributed by atoms with Gasteiger partial charge in [-0.15, -0.1) is 0 Å². The van der Waals surface area contributed by atoms with Crippen LogP contribution in [0.3, 0.4) is 0 Å². The molecule has 2 heterocycles. The number of likely N-dealkylation sites (tertiary alicyclic amines) is 1. The molecule has 3 fully saturated rings. The first-order chi connectivity index (χ1) is 17.2. The van der Waals surface area contributed by atoms with Gasteiger partial charge in [0.05, 0.1) is 12.2 Å². The first-order valence-electron chi connectivity index (χ1n) is 12.8. The molecule has 36 heavy (non-hydrogen) atoms. The van der Waals surface area contributed by atoms with E-state index in [0.29, 0.717) is 24.5 Å². The summed E-state index contributed by atoms with van der Waals surface area (Å²) in [6.45, 7) is 2.40. The molecule has 1 saturated carbocycles. The van der Waals surface area contributed by atoms with Crippen molar-refractivity contribution >= 4 is 5.91 Å². The smallest absolute Gasteiger partial charge is 0.363 e. The molecule has 3 aliphatic rings. The third-order valence-electron chi connectivity index (χ3n) is 8.10. The predicted octanol–water partition coefficient (Wildman–Crippen LogP) is 5.67. The van der Waals surface area contributed by atoms with Crippen LogP contribution in [0.2, 0.25) is 0 Å². The van der Waals surface area contributed by atoms with E-state index in [0.717, 1.165) is 57.3 Å². The van der Waals surface area contributed by atoms with Crippen molar-refractivity contribution in [1.82, 2.24) is 10.2 Å². The lowest BCUT2D eigenvalue weighted by Crippen LogP contribution is -2.57. The standard InChI is InChI=1S/C28H32F4N2O2/c29-24-8-4-20(5-9-24)21-11-14-34(15-12-21)25-10-13-27(36-18-25,22-6-7-22)26(35)33-17-19-2-1-3-23(16-19)28(30,31)32/h1-5,8-9,16,21-22,25H,6-7,10-15,17-18H2,(H,33,35)/t25-,27+/m1/s1. The maximum absolute atomic E-state index is 13.3. The van der Waals surface area contributed by atoms with Crippen LogP contribution in [0.1, 0.15) is 61.1 Å². The van der Waals surface area contributed by atoms with Crippen molar-refractivity contribution in [2.24, 2.45) is 5.92 Å². The molecule has 194 valence electrons. The molecule has 0 aromatic heterocycles. The minimum atomic E-state index is -4.41. The number of hydrogen-bond acceptors (Lipinski definition) is 3. The summed E-state index contributed by atoms with van der Waals surface area (Å²) in [5, 5.41) is 2.86. The van der Waals surface area contributed by atoms with Crippen molar-refractivity contribution in [1.29, 1.82) is 0 Å². The first-order valence-corrected chi connectivity index (χ1v) is 12.8. The fourth-order valence-electron chi connectivity index (χ4n) is 5.83. The Morgan fingerprint density at radius 3 is 2.36 bits per heavy atom. The molecule has 1 amide bonds. The minimum Gasteiger partial charge on any atom is -0.363 e. The van der Waals surface area contributed by atoms with Crippen LogP contribution in [0, 0.1) is 11.7 Å². The van der Waals surface area contributed by atoms with Gasteiger partial charge in [0.1, 0.15) is 11.4 Å². The fraction of sp³-hybridized carbons (Fsp3) is 0.536. The van der Waals surface area contributed by atoms with Gasteiger partial charge < -0.3 is 10.1 Å². The van der Waals surface area contributed by atoms with Crippen molar-refractivity contribution in [3.63, 3.8) is 0 Å². The Bertz CT molecular complexity index is 1050. The van der Waals surface area contributed by atoms with E-state index < -0.39 is 17.3 Å². The second-order valence-electron chi connectivity index (χ2n) is 10.4. The highest BCUT2D eigenvalue weighted by Crippen LogP contribution is 2.47. The zero-order valence-electron chi connectivity index (χ0n) is 20.2. The quantitative estimate of drug-likeness (QED) is 0.516. The number of carbonyl (C=O) groups excluding carboxylic acids is 1. The van der Waals surface area contributed by atoms with E-state index in [4.69, 9.17) is 4.74 Å². The molecule has 2 aliphatic heterocycles. The molecule has 2 atom stereocenters. The SMILES string of the molecule is O=C(NCc1cccc(C(F)(F)F)c1)[C@@]1(C2CC2)CC[C@@H](N2CCC(c3ccc(F)cc3)CC2)CO1. The number of benzene rings is 2. The molecule has 1 aliphatic carbocycles. The lowest BCUT2D eigenvalue weighted by molar-refractivity contribution is -0.165. The topological polar surface area (TPSA) is 41.6 Å². The second kappa shape index (κ2) is 10.1. The van der Waals surface area contributed by atoms with E-state index in [9.17, 15) is 22.4 Å². The maximum atomic E-state index is 13.3. The Morgan fingerprint density at radius 2 is 1.75 bits per heavy atom. The number of hydrogen-bond donors (Lipinski definition) is 1. The van der Waals surface area contributed by atoms with E-state index in [2.05, 4.69) is 10.2 Å². The lowest BCUT2D eigenvalue weighted by atomic mass is 9.84. The van der Waals surface area contributed by atoms with Gasteiger partial charge in [0.15, 0.2) is 0 Å². The molecule has 0 unspecified atom stereocenters.